The van der Waals surface area contributed by atoms with Crippen LogP contribution in [0.3, 0.4) is 0 Å². The number of aryl methyl sites for hydroxylation is 1. The summed E-state index contributed by atoms with van der Waals surface area (Å²) in [6, 6.07) is 1.62. The van der Waals surface area contributed by atoms with E-state index in [2.05, 4.69) is 11.6 Å². The second-order valence-corrected chi connectivity index (χ2v) is 4.88. The van der Waals surface area contributed by atoms with Crippen LogP contribution in [0.15, 0.2) is 18.7 Å². The number of halogens is 2. The lowest BCUT2D eigenvalue weighted by Crippen LogP contribution is -2.26. The molecule has 1 saturated heterocycles. The summed E-state index contributed by atoms with van der Waals surface area (Å²) in [5.41, 5.74) is 0.668. The fraction of sp³-hybridized carbons (Fsp3) is 0.333. The predicted molar refractivity (Wildman–Crippen MR) is 69.7 cm³/mol. The number of amides is 1. The van der Waals surface area contributed by atoms with E-state index in [-0.39, 0.29) is 11.8 Å². The van der Waals surface area contributed by atoms with Crippen LogP contribution in [0, 0.1) is 12.8 Å². The molecule has 1 atom stereocenters. The SMILES string of the molecule is C=CC1CC(=O)N(c2nc(C)c(Cl)cc2Cl)C1. The monoisotopic (exact) mass is 270 g/mol. The maximum atomic E-state index is 11.8. The van der Waals surface area contributed by atoms with Crippen LogP contribution >= 0.6 is 23.2 Å². The van der Waals surface area contributed by atoms with E-state index in [1.54, 1.807) is 24.0 Å². The Hall–Kier alpha value is -1.06. The molecule has 0 aliphatic carbocycles. The van der Waals surface area contributed by atoms with Crippen molar-refractivity contribution in [3.05, 3.63) is 34.5 Å². The summed E-state index contributed by atoms with van der Waals surface area (Å²) in [6.45, 7) is 6.07. The molecule has 17 heavy (non-hydrogen) atoms. The molecule has 0 spiro atoms. The average molecular weight is 271 g/mol. The Bertz CT molecular complexity index is 488. The number of rotatable bonds is 2. The Morgan fingerprint density at radius 2 is 2.24 bits per heavy atom. The normalized spacial score (nSPS) is 19.8. The van der Waals surface area contributed by atoms with Crippen molar-refractivity contribution in [2.24, 2.45) is 5.92 Å². The van der Waals surface area contributed by atoms with Crippen LogP contribution in [0.25, 0.3) is 0 Å². The predicted octanol–water partition coefficient (Wildman–Crippen LogP) is 3.24. The van der Waals surface area contributed by atoms with Crippen molar-refractivity contribution < 1.29 is 4.79 Å². The maximum Gasteiger partial charge on any atom is 0.228 e. The summed E-state index contributed by atoms with van der Waals surface area (Å²) in [5.74, 6) is 0.672. The molecule has 1 aliphatic heterocycles. The third-order valence-corrected chi connectivity index (χ3v) is 3.49. The Morgan fingerprint density at radius 1 is 1.53 bits per heavy atom. The van der Waals surface area contributed by atoms with Gasteiger partial charge in [-0.05, 0) is 13.0 Å². The topological polar surface area (TPSA) is 33.2 Å². The first-order chi connectivity index (χ1) is 8.02. The van der Waals surface area contributed by atoms with E-state index in [4.69, 9.17) is 23.2 Å². The largest absolute Gasteiger partial charge is 0.295 e. The molecule has 2 heterocycles. The molecule has 0 radical (unpaired) electrons. The number of nitrogens with zero attached hydrogens (tertiary/aromatic N) is 2. The van der Waals surface area contributed by atoms with Gasteiger partial charge in [0.15, 0.2) is 5.82 Å². The minimum Gasteiger partial charge on any atom is -0.295 e. The molecule has 0 aromatic carbocycles. The molecule has 3 nitrogen and oxygen atoms in total. The van der Waals surface area contributed by atoms with E-state index in [1.165, 1.54) is 0 Å². The zero-order chi connectivity index (χ0) is 12.6. The lowest BCUT2D eigenvalue weighted by molar-refractivity contribution is -0.117. The average Bonchev–Trinajstić information content (AvgIpc) is 2.65. The van der Waals surface area contributed by atoms with Gasteiger partial charge in [0, 0.05) is 18.9 Å². The summed E-state index contributed by atoms with van der Waals surface area (Å²) in [4.78, 5) is 17.7. The molecule has 0 bridgehead atoms. The lowest BCUT2D eigenvalue weighted by atomic mass is 10.1. The highest BCUT2D eigenvalue weighted by Gasteiger charge is 2.31. The number of anilines is 1. The van der Waals surface area contributed by atoms with Crippen molar-refractivity contribution in [3.8, 4) is 0 Å². The molecule has 1 aliphatic rings. The van der Waals surface area contributed by atoms with Crippen molar-refractivity contribution >= 4 is 34.9 Å². The summed E-state index contributed by atoms with van der Waals surface area (Å²) < 4.78 is 0. The minimum absolute atomic E-state index is 0.0195. The quantitative estimate of drug-likeness (QED) is 0.774. The Kier molecular flexibility index (Phi) is 3.40. The van der Waals surface area contributed by atoms with Crippen LogP contribution in [0.2, 0.25) is 10.0 Å². The Balaban J connectivity index is 2.38. The van der Waals surface area contributed by atoms with E-state index in [0.717, 1.165) is 0 Å². The molecule has 0 saturated carbocycles. The van der Waals surface area contributed by atoms with Gasteiger partial charge in [0.1, 0.15) is 0 Å². The minimum atomic E-state index is 0.0195. The zero-order valence-corrected chi connectivity index (χ0v) is 10.9. The highest BCUT2D eigenvalue weighted by atomic mass is 35.5. The number of carbonyl (C=O) groups is 1. The van der Waals surface area contributed by atoms with E-state index in [0.29, 0.717) is 34.5 Å². The molecule has 1 unspecified atom stereocenters. The molecule has 90 valence electrons. The van der Waals surface area contributed by atoms with Crippen molar-refractivity contribution in [3.63, 3.8) is 0 Å². The van der Waals surface area contributed by atoms with Gasteiger partial charge in [-0.3, -0.25) is 9.69 Å². The van der Waals surface area contributed by atoms with Gasteiger partial charge in [-0.15, -0.1) is 6.58 Å². The lowest BCUT2D eigenvalue weighted by Gasteiger charge is -2.17. The first kappa shape index (κ1) is 12.4. The van der Waals surface area contributed by atoms with E-state index in [1.807, 2.05) is 0 Å². The second-order valence-electron chi connectivity index (χ2n) is 4.07. The van der Waals surface area contributed by atoms with Crippen LogP contribution in [0.5, 0.6) is 0 Å². The highest BCUT2D eigenvalue weighted by Crippen LogP contribution is 2.32. The van der Waals surface area contributed by atoms with Gasteiger partial charge in [-0.2, -0.15) is 0 Å². The van der Waals surface area contributed by atoms with Gasteiger partial charge in [0.25, 0.3) is 0 Å². The Morgan fingerprint density at radius 3 is 2.82 bits per heavy atom. The number of hydrogen-bond donors (Lipinski definition) is 0. The molecule has 1 aromatic rings. The molecular formula is C12H12Cl2N2O. The highest BCUT2D eigenvalue weighted by molar-refractivity contribution is 6.36. The fourth-order valence-corrected chi connectivity index (χ4v) is 2.29. The van der Waals surface area contributed by atoms with E-state index < -0.39 is 0 Å². The first-order valence-corrected chi connectivity index (χ1v) is 6.04. The van der Waals surface area contributed by atoms with Crippen LogP contribution < -0.4 is 4.90 Å². The fourth-order valence-electron chi connectivity index (χ4n) is 1.83. The van der Waals surface area contributed by atoms with Crippen LogP contribution in [-0.2, 0) is 4.79 Å². The van der Waals surface area contributed by atoms with Gasteiger partial charge < -0.3 is 0 Å². The molecule has 1 amide bonds. The zero-order valence-electron chi connectivity index (χ0n) is 9.41. The smallest absolute Gasteiger partial charge is 0.228 e. The standard InChI is InChI=1S/C12H12Cl2N2O/c1-3-8-4-11(17)16(6-8)12-10(14)5-9(13)7(2)15-12/h3,5,8H,1,4,6H2,2H3. The van der Waals surface area contributed by atoms with Crippen LogP contribution in [-0.4, -0.2) is 17.4 Å². The molecular weight excluding hydrogens is 259 g/mol. The molecule has 1 fully saturated rings. The Labute approximate surface area is 110 Å². The van der Waals surface area contributed by atoms with Crippen LogP contribution in [0.1, 0.15) is 12.1 Å². The third kappa shape index (κ3) is 2.31. The van der Waals surface area contributed by atoms with Crippen molar-refractivity contribution in [1.29, 1.82) is 0 Å². The molecule has 5 heteroatoms. The summed E-state index contributed by atoms with van der Waals surface area (Å²) >= 11 is 12.0. The van der Waals surface area contributed by atoms with Gasteiger partial charge in [-0.25, -0.2) is 4.98 Å². The van der Waals surface area contributed by atoms with Gasteiger partial charge in [0.05, 0.1) is 15.7 Å². The number of carbonyl (C=O) groups excluding carboxylic acids is 1. The van der Waals surface area contributed by atoms with E-state index >= 15 is 0 Å². The van der Waals surface area contributed by atoms with Gasteiger partial charge in [0.2, 0.25) is 5.91 Å². The van der Waals surface area contributed by atoms with Gasteiger partial charge in [-0.1, -0.05) is 29.3 Å². The van der Waals surface area contributed by atoms with Crippen molar-refractivity contribution in [1.82, 2.24) is 4.98 Å². The van der Waals surface area contributed by atoms with Gasteiger partial charge >= 0.3 is 0 Å². The van der Waals surface area contributed by atoms with E-state index in [9.17, 15) is 4.79 Å². The summed E-state index contributed by atoms with van der Waals surface area (Å²) in [6.07, 6.45) is 2.25. The molecule has 1 aromatic heterocycles. The van der Waals surface area contributed by atoms with Crippen molar-refractivity contribution in [2.45, 2.75) is 13.3 Å². The number of pyridine rings is 1. The number of aromatic nitrogens is 1. The number of hydrogen-bond acceptors (Lipinski definition) is 2. The summed E-state index contributed by atoms with van der Waals surface area (Å²) in [5, 5.41) is 0.907. The third-order valence-electron chi connectivity index (χ3n) is 2.83. The first-order valence-electron chi connectivity index (χ1n) is 5.28. The maximum absolute atomic E-state index is 11.8. The second kappa shape index (κ2) is 4.67. The molecule has 0 N–H and O–H groups in total. The molecule has 2 rings (SSSR count). The van der Waals surface area contributed by atoms with Crippen LogP contribution in [0.4, 0.5) is 5.82 Å². The van der Waals surface area contributed by atoms with Crippen molar-refractivity contribution in [2.75, 3.05) is 11.4 Å². The summed E-state index contributed by atoms with van der Waals surface area (Å²) in [7, 11) is 0.